The van der Waals surface area contributed by atoms with Crippen LogP contribution in [0.25, 0.3) is 10.1 Å². The normalized spacial score (nSPS) is 11.0. The minimum atomic E-state index is -0.345. The molecular weight excluding hydrogens is 360 g/mol. The summed E-state index contributed by atoms with van der Waals surface area (Å²) in [5.74, 6) is 0.869. The van der Waals surface area contributed by atoms with Crippen molar-refractivity contribution < 1.29 is 14.3 Å². The Balaban J connectivity index is 1.75. The van der Waals surface area contributed by atoms with Crippen LogP contribution in [0.5, 0.6) is 11.5 Å². The van der Waals surface area contributed by atoms with Crippen LogP contribution in [0.1, 0.15) is 15.2 Å². The van der Waals surface area contributed by atoms with Gasteiger partial charge in [0.25, 0.3) is 5.91 Å². The van der Waals surface area contributed by atoms with Gasteiger partial charge in [0.05, 0.1) is 25.5 Å². The van der Waals surface area contributed by atoms with Gasteiger partial charge >= 0.3 is 0 Å². The fraction of sp³-hybridized carbons (Fsp3) is 0.111. The molecule has 1 N–H and O–H groups in total. The van der Waals surface area contributed by atoms with Gasteiger partial charge in [-0.2, -0.15) is 5.10 Å². The van der Waals surface area contributed by atoms with Crippen molar-refractivity contribution in [3.63, 3.8) is 0 Å². The van der Waals surface area contributed by atoms with Gasteiger partial charge in [-0.1, -0.05) is 29.8 Å². The molecule has 0 aliphatic rings. The van der Waals surface area contributed by atoms with Crippen molar-refractivity contribution in [2.75, 3.05) is 14.2 Å². The molecule has 1 amide bonds. The average molecular weight is 375 g/mol. The summed E-state index contributed by atoms with van der Waals surface area (Å²) in [4.78, 5) is 12.7. The van der Waals surface area contributed by atoms with E-state index >= 15 is 0 Å². The topological polar surface area (TPSA) is 59.9 Å². The molecule has 0 aliphatic heterocycles. The highest BCUT2D eigenvalue weighted by Crippen LogP contribution is 2.35. The number of carbonyl (C=O) groups is 1. The van der Waals surface area contributed by atoms with Crippen LogP contribution in [-0.2, 0) is 0 Å². The van der Waals surface area contributed by atoms with E-state index in [-0.39, 0.29) is 5.91 Å². The Labute approximate surface area is 153 Å². The lowest BCUT2D eigenvalue weighted by Gasteiger charge is -2.07. The zero-order valence-electron chi connectivity index (χ0n) is 13.6. The monoisotopic (exact) mass is 374 g/mol. The third-order valence-electron chi connectivity index (χ3n) is 3.53. The van der Waals surface area contributed by atoms with Gasteiger partial charge < -0.3 is 9.47 Å². The van der Waals surface area contributed by atoms with E-state index in [4.69, 9.17) is 21.1 Å². The summed E-state index contributed by atoms with van der Waals surface area (Å²) in [6.07, 6.45) is 1.53. The quantitative estimate of drug-likeness (QED) is 0.534. The number of ether oxygens (including phenoxy) is 2. The van der Waals surface area contributed by atoms with Crippen molar-refractivity contribution in [2.24, 2.45) is 5.10 Å². The van der Waals surface area contributed by atoms with Crippen molar-refractivity contribution in [3.05, 3.63) is 57.9 Å². The van der Waals surface area contributed by atoms with E-state index in [1.807, 2.05) is 30.3 Å². The van der Waals surface area contributed by atoms with Crippen LogP contribution in [0.4, 0.5) is 0 Å². The van der Waals surface area contributed by atoms with Gasteiger partial charge in [-0.15, -0.1) is 11.3 Å². The van der Waals surface area contributed by atoms with Crippen molar-refractivity contribution >= 4 is 45.1 Å². The summed E-state index contributed by atoms with van der Waals surface area (Å²) in [6.45, 7) is 0. The Hall–Kier alpha value is -2.57. The molecule has 3 rings (SSSR count). The number of hydrogen-bond acceptors (Lipinski definition) is 5. The van der Waals surface area contributed by atoms with Crippen LogP contribution in [0.15, 0.2) is 47.6 Å². The molecule has 0 saturated carbocycles. The number of thiophene rings is 1. The number of halogens is 1. The van der Waals surface area contributed by atoms with Crippen LogP contribution in [-0.4, -0.2) is 26.3 Å². The number of nitrogens with one attached hydrogen (secondary N) is 1. The average Bonchev–Trinajstić information content (AvgIpc) is 2.98. The van der Waals surface area contributed by atoms with Gasteiger partial charge in [-0.25, -0.2) is 5.43 Å². The molecule has 0 radical (unpaired) electrons. The summed E-state index contributed by atoms with van der Waals surface area (Å²) in [5, 5.41) is 5.30. The van der Waals surface area contributed by atoms with E-state index < -0.39 is 0 Å². The number of benzene rings is 2. The molecule has 0 spiro atoms. The van der Waals surface area contributed by atoms with Gasteiger partial charge in [0.1, 0.15) is 4.88 Å². The molecule has 7 heteroatoms. The number of rotatable bonds is 5. The second kappa shape index (κ2) is 7.55. The number of nitrogens with zero attached hydrogens (tertiary/aromatic N) is 1. The molecule has 0 atom stereocenters. The second-order valence-corrected chi connectivity index (χ2v) is 6.49. The third kappa shape index (κ3) is 3.60. The van der Waals surface area contributed by atoms with Crippen LogP contribution in [0, 0.1) is 0 Å². The smallest absolute Gasteiger partial charge is 0.283 e. The fourth-order valence-electron chi connectivity index (χ4n) is 2.31. The van der Waals surface area contributed by atoms with Crippen molar-refractivity contribution in [3.8, 4) is 11.5 Å². The van der Waals surface area contributed by atoms with E-state index in [0.29, 0.717) is 21.4 Å². The van der Waals surface area contributed by atoms with Crippen molar-refractivity contribution in [1.82, 2.24) is 5.43 Å². The standard InChI is InChI=1S/C18H15ClN2O3S/c1-23-13-8-7-11(9-14(13)24-2)10-20-21-18(22)17-16(19)12-5-3-4-6-15(12)25-17/h3-10H,1-2H3,(H,21,22)/b20-10+. The summed E-state index contributed by atoms with van der Waals surface area (Å²) in [5.41, 5.74) is 3.26. The van der Waals surface area contributed by atoms with Crippen molar-refractivity contribution in [1.29, 1.82) is 0 Å². The second-order valence-electron chi connectivity index (χ2n) is 5.05. The lowest BCUT2D eigenvalue weighted by atomic mass is 10.2. The maximum absolute atomic E-state index is 12.3. The third-order valence-corrected chi connectivity index (χ3v) is 5.20. The molecule has 128 valence electrons. The van der Waals surface area contributed by atoms with E-state index in [1.54, 1.807) is 26.4 Å². The molecule has 0 unspecified atom stereocenters. The van der Waals surface area contributed by atoms with Gasteiger partial charge in [-0.3, -0.25) is 4.79 Å². The molecule has 1 aromatic heterocycles. The molecule has 0 bridgehead atoms. The highest BCUT2D eigenvalue weighted by molar-refractivity contribution is 7.21. The van der Waals surface area contributed by atoms with E-state index in [9.17, 15) is 4.79 Å². The molecule has 5 nitrogen and oxygen atoms in total. The Kier molecular flexibility index (Phi) is 5.21. The first kappa shape index (κ1) is 17.3. The predicted molar refractivity (Wildman–Crippen MR) is 101 cm³/mol. The molecule has 25 heavy (non-hydrogen) atoms. The zero-order chi connectivity index (χ0) is 17.8. The van der Waals surface area contributed by atoms with E-state index in [0.717, 1.165) is 15.6 Å². The number of hydrogen-bond donors (Lipinski definition) is 1. The van der Waals surface area contributed by atoms with Crippen LogP contribution in [0.2, 0.25) is 5.02 Å². The van der Waals surface area contributed by atoms with Crippen LogP contribution in [0.3, 0.4) is 0 Å². The number of carbonyl (C=O) groups excluding carboxylic acids is 1. The first-order chi connectivity index (χ1) is 12.1. The van der Waals surface area contributed by atoms with E-state index in [2.05, 4.69) is 10.5 Å². The molecular formula is C18H15ClN2O3S. The highest BCUT2D eigenvalue weighted by atomic mass is 35.5. The Morgan fingerprint density at radius 1 is 1.16 bits per heavy atom. The first-order valence-electron chi connectivity index (χ1n) is 7.36. The van der Waals surface area contributed by atoms with Gasteiger partial charge in [0.2, 0.25) is 0 Å². The van der Waals surface area contributed by atoms with E-state index in [1.165, 1.54) is 17.6 Å². The number of amides is 1. The Bertz CT molecular complexity index is 953. The fourth-order valence-corrected chi connectivity index (χ4v) is 3.72. The molecule has 3 aromatic rings. The largest absolute Gasteiger partial charge is 0.493 e. The Morgan fingerprint density at radius 2 is 1.92 bits per heavy atom. The van der Waals surface area contributed by atoms with Gasteiger partial charge in [0, 0.05) is 10.1 Å². The minimum absolute atomic E-state index is 0.345. The summed E-state index contributed by atoms with van der Waals surface area (Å²) in [7, 11) is 3.13. The highest BCUT2D eigenvalue weighted by Gasteiger charge is 2.16. The number of methoxy groups -OCH3 is 2. The maximum Gasteiger partial charge on any atom is 0.283 e. The molecule has 0 aliphatic carbocycles. The summed E-state index contributed by atoms with van der Waals surface area (Å²) in [6, 6.07) is 13.0. The van der Waals surface area contributed by atoms with Crippen LogP contribution >= 0.6 is 22.9 Å². The van der Waals surface area contributed by atoms with Crippen LogP contribution < -0.4 is 14.9 Å². The number of hydrazone groups is 1. The number of fused-ring (bicyclic) bond motifs is 1. The van der Waals surface area contributed by atoms with Crippen molar-refractivity contribution in [2.45, 2.75) is 0 Å². The molecule has 0 saturated heterocycles. The first-order valence-corrected chi connectivity index (χ1v) is 8.56. The lowest BCUT2D eigenvalue weighted by molar-refractivity contribution is 0.0959. The van der Waals surface area contributed by atoms with Gasteiger partial charge in [0.15, 0.2) is 11.5 Å². The summed E-state index contributed by atoms with van der Waals surface area (Å²) < 4.78 is 11.4. The molecule has 2 aromatic carbocycles. The lowest BCUT2D eigenvalue weighted by Crippen LogP contribution is -2.16. The Morgan fingerprint density at radius 3 is 2.64 bits per heavy atom. The summed E-state index contributed by atoms with van der Waals surface area (Å²) >= 11 is 7.62. The predicted octanol–water partition coefficient (Wildman–Crippen LogP) is 4.34. The minimum Gasteiger partial charge on any atom is -0.493 e. The molecule has 0 fully saturated rings. The molecule has 1 heterocycles. The van der Waals surface area contributed by atoms with Gasteiger partial charge in [-0.05, 0) is 29.8 Å². The maximum atomic E-state index is 12.3. The zero-order valence-corrected chi connectivity index (χ0v) is 15.1. The SMILES string of the molecule is COc1ccc(/C=N/NC(=O)c2sc3ccccc3c2Cl)cc1OC.